The average molecular weight is 220 g/mol. The van der Waals surface area contributed by atoms with E-state index < -0.39 is 0 Å². The highest BCUT2D eigenvalue weighted by Gasteiger charge is 1.83. The van der Waals surface area contributed by atoms with Gasteiger partial charge in [0.25, 0.3) is 0 Å². The summed E-state index contributed by atoms with van der Waals surface area (Å²) >= 11 is 0. The van der Waals surface area contributed by atoms with Crippen molar-refractivity contribution < 1.29 is 0 Å². The Kier molecular flexibility index (Phi) is 19.6. The Morgan fingerprint density at radius 1 is 0.867 bits per heavy atom. The van der Waals surface area contributed by atoms with Crippen LogP contribution in [0.3, 0.4) is 0 Å². The summed E-state index contributed by atoms with van der Waals surface area (Å²) in [7, 11) is 0. The Morgan fingerprint density at radius 2 is 1.47 bits per heavy atom. The monoisotopic (exact) mass is 219 g/mol. The zero-order valence-corrected chi connectivity index (χ0v) is 9.67. The molecule has 15 heavy (non-hydrogen) atoms. The van der Waals surface area contributed by atoms with Gasteiger partial charge in [-0.2, -0.15) is 0 Å². The van der Waals surface area contributed by atoms with Crippen LogP contribution in [0.4, 0.5) is 0 Å². The fourth-order valence-electron chi connectivity index (χ4n) is 1.29. The minimum absolute atomic E-state index is 0. The summed E-state index contributed by atoms with van der Waals surface area (Å²) < 4.78 is 0. The molecule has 0 spiro atoms. The molecule has 0 aromatic carbocycles. The first-order chi connectivity index (χ1) is 6.91. The molecule has 0 fully saturated rings. The van der Waals surface area contributed by atoms with Crippen molar-refractivity contribution in [2.75, 3.05) is 0 Å². The molecule has 0 bridgehead atoms. The van der Waals surface area contributed by atoms with Crippen LogP contribution in [-0.4, -0.2) is 23.1 Å². The van der Waals surface area contributed by atoms with Crippen molar-refractivity contribution in [3.05, 3.63) is 31.2 Å². The molecular formula is C14H27Mg. The molecule has 1 radical (unpaired) electrons. The molecular weight excluding hydrogens is 192 g/mol. The zero-order chi connectivity index (χ0) is 10.5. The SMILES string of the molecule is [CH2]CCCCC/C=C/C=C\CCCC.[MgH2]. The summed E-state index contributed by atoms with van der Waals surface area (Å²) in [6.07, 6.45) is 18.9. The molecule has 85 valence electrons. The Bertz CT molecular complexity index is 147. The van der Waals surface area contributed by atoms with Gasteiger partial charge in [0.05, 0.1) is 0 Å². The van der Waals surface area contributed by atoms with Crippen LogP contribution in [0.1, 0.15) is 58.3 Å². The third-order valence-electron chi connectivity index (χ3n) is 2.23. The Morgan fingerprint density at radius 3 is 2.00 bits per heavy atom. The highest BCUT2D eigenvalue weighted by atomic mass is 24.3. The van der Waals surface area contributed by atoms with Crippen molar-refractivity contribution in [3.63, 3.8) is 0 Å². The number of unbranched alkanes of at least 4 members (excludes halogenated alkanes) is 6. The molecule has 0 aliphatic rings. The predicted molar refractivity (Wildman–Crippen MR) is 74.8 cm³/mol. The van der Waals surface area contributed by atoms with E-state index in [1.807, 2.05) is 0 Å². The van der Waals surface area contributed by atoms with Crippen LogP contribution in [0, 0.1) is 6.92 Å². The van der Waals surface area contributed by atoms with Crippen molar-refractivity contribution in [3.8, 4) is 0 Å². The molecule has 0 saturated heterocycles. The summed E-state index contributed by atoms with van der Waals surface area (Å²) in [5, 5.41) is 0. The lowest BCUT2D eigenvalue weighted by molar-refractivity contribution is 0.695. The van der Waals surface area contributed by atoms with Crippen molar-refractivity contribution >= 4 is 23.1 Å². The van der Waals surface area contributed by atoms with Gasteiger partial charge in [-0.15, -0.1) is 0 Å². The molecule has 0 aromatic heterocycles. The smallest absolute Gasteiger partial charge is 0.0845 e. The van der Waals surface area contributed by atoms with Crippen molar-refractivity contribution in [2.45, 2.75) is 58.3 Å². The molecule has 0 rings (SSSR count). The number of hydrogen-bond acceptors (Lipinski definition) is 0. The van der Waals surface area contributed by atoms with Crippen LogP contribution in [0.25, 0.3) is 0 Å². The van der Waals surface area contributed by atoms with E-state index >= 15 is 0 Å². The van der Waals surface area contributed by atoms with E-state index in [0.29, 0.717) is 0 Å². The second-order valence-electron chi connectivity index (χ2n) is 3.70. The summed E-state index contributed by atoms with van der Waals surface area (Å²) in [5.41, 5.74) is 0. The lowest BCUT2D eigenvalue weighted by atomic mass is 10.1. The average Bonchev–Trinajstić information content (AvgIpc) is 2.21. The molecule has 0 aliphatic heterocycles. The van der Waals surface area contributed by atoms with Crippen LogP contribution >= 0.6 is 0 Å². The predicted octanol–water partition coefficient (Wildman–Crippen LogP) is 4.16. The van der Waals surface area contributed by atoms with Gasteiger partial charge in [-0.25, -0.2) is 0 Å². The number of hydrogen-bond donors (Lipinski definition) is 0. The van der Waals surface area contributed by atoms with E-state index in [9.17, 15) is 0 Å². The van der Waals surface area contributed by atoms with Gasteiger partial charge >= 0.3 is 23.1 Å². The lowest BCUT2D eigenvalue weighted by Gasteiger charge is -1.92. The Hall–Kier alpha value is 0.246. The van der Waals surface area contributed by atoms with Gasteiger partial charge in [-0.3, -0.25) is 0 Å². The lowest BCUT2D eigenvalue weighted by Crippen LogP contribution is -1.73. The fourth-order valence-corrected chi connectivity index (χ4v) is 1.29. The van der Waals surface area contributed by atoms with E-state index in [1.54, 1.807) is 0 Å². The highest BCUT2D eigenvalue weighted by Crippen LogP contribution is 2.02. The van der Waals surface area contributed by atoms with Crippen molar-refractivity contribution in [2.24, 2.45) is 0 Å². The van der Waals surface area contributed by atoms with E-state index in [0.717, 1.165) is 6.42 Å². The van der Waals surface area contributed by atoms with Gasteiger partial charge in [0, 0.05) is 0 Å². The molecule has 1 heteroatoms. The maximum absolute atomic E-state index is 3.83. The van der Waals surface area contributed by atoms with Crippen LogP contribution < -0.4 is 0 Å². The molecule has 0 saturated carbocycles. The van der Waals surface area contributed by atoms with Crippen LogP contribution in [-0.2, 0) is 0 Å². The van der Waals surface area contributed by atoms with Crippen molar-refractivity contribution in [1.82, 2.24) is 0 Å². The first kappa shape index (κ1) is 17.6. The van der Waals surface area contributed by atoms with Gasteiger partial charge in [0.15, 0.2) is 0 Å². The second-order valence-corrected chi connectivity index (χ2v) is 3.70. The largest absolute Gasteiger partial charge is 0.316 e. The zero-order valence-electron chi connectivity index (χ0n) is 9.67. The standard InChI is InChI=1S/C14H25.Mg.2H/c1-3-5-7-9-11-13-14-12-10-8-6-4-2;;;/h10,12-14H,1,3-9,11H2,2H3;;;/b12-10-,14-13+;;;. The van der Waals surface area contributed by atoms with E-state index in [4.69, 9.17) is 0 Å². The molecule has 0 amide bonds. The van der Waals surface area contributed by atoms with Gasteiger partial charge in [0.1, 0.15) is 0 Å². The highest BCUT2D eigenvalue weighted by molar-refractivity contribution is 5.75. The molecule has 0 atom stereocenters. The second kappa shape index (κ2) is 16.7. The summed E-state index contributed by atoms with van der Waals surface area (Å²) in [5.74, 6) is 0. The fraction of sp³-hybridized carbons (Fsp3) is 0.643. The van der Waals surface area contributed by atoms with Gasteiger partial charge in [-0.05, 0) is 19.3 Å². The summed E-state index contributed by atoms with van der Waals surface area (Å²) in [6.45, 7) is 6.06. The van der Waals surface area contributed by atoms with E-state index in [2.05, 4.69) is 38.2 Å². The third-order valence-corrected chi connectivity index (χ3v) is 2.23. The van der Waals surface area contributed by atoms with Gasteiger partial charge in [-0.1, -0.05) is 70.3 Å². The molecule has 0 N–H and O–H groups in total. The Labute approximate surface area is 112 Å². The maximum Gasteiger partial charge on any atom is 0.316 e. The third kappa shape index (κ3) is 16.9. The molecule has 0 aromatic rings. The Balaban J connectivity index is 0. The topological polar surface area (TPSA) is 0 Å². The maximum atomic E-state index is 3.83. The first-order valence-corrected chi connectivity index (χ1v) is 6.02. The number of rotatable bonds is 9. The normalized spacial score (nSPS) is 11.1. The minimum atomic E-state index is 0. The van der Waals surface area contributed by atoms with Crippen LogP contribution in [0.15, 0.2) is 24.3 Å². The van der Waals surface area contributed by atoms with Crippen LogP contribution in [0.2, 0.25) is 0 Å². The van der Waals surface area contributed by atoms with Gasteiger partial charge in [0.2, 0.25) is 0 Å². The van der Waals surface area contributed by atoms with Crippen molar-refractivity contribution in [1.29, 1.82) is 0 Å². The minimum Gasteiger partial charge on any atom is -0.0845 e. The number of allylic oxidation sites excluding steroid dienone is 4. The molecule has 0 nitrogen and oxygen atoms in total. The molecule has 0 unspecified atom stereocenters. The van der Waals surface area contributed by atoms with Gasteiger partial charge < -0.3 is 0 Å². The van der Waals surface area contributed by atoms with E-state index in [1.165, 1.54) is 44.9 Å². The molecule has 0 heterocycles. The molecule has 0 aliphatic carbocycles. The van der Waals surface area contributed by atoms with E-state index in [-0.39, 0.29) is 23.1 Å². The van der Waals surface area contributed by atoms with Crippen LogP contribution in [0.5, 0.6) is 0 Å². The first-order valence-electron chi connectivity index (χ1n) is 6.02. The quantitative estimate of drug-likeness (QED) is 0.310. The summed E-state index contributed by atoms with van der Waals surface area (Å²) in [6, 6.07) is 0. The summed E-state index contributed by atoms with van der Waals surface area (Å²) in [4.78, 5) is 0.